The quantitative estimate of drug-likeness (QED) is 0.776. The minimum atomic E-state index is -3.72. The van der Waals surface area contributed by atoms with Crippen LogP contribution < -0.4 is 10.9 Å². The third-order valence-corrected chi connectivity index (χ3v) is 5.38. The monoisotopic (exact) mass is 365 g/mol. The van der Waals surface area contributed by atoms with Gasteiger partial charge < -0.3 is 10.5 Å². The van der Waals surface area contributed by atoms with Gasteiger partial charge in [-0.3, -0.25) is 0 Å². The molecule has 1 saturated carbocycles. The van der Waals surface area contributed by atoms with E-state index >= 15 is 0 Å². The van der Waals surface area contributed by atoms with Gasteiger partial charge >= 0.3 is 0 Å². The Balaban J connectivity index is 1.96. The fraction of sp³-hybridized carbons (Fsp3) is 0.500. The number of rotatable bonds is 6. The van der Waals surface area contributed by atoms with Crippen LogP contribution in [0.15, 0.2) is 29.2 Å². The van der Waals surface area contributed by atoms with E-state index < -0.39 is 10.0 Å². The van der Waals surface area contributed by atoms with Crippen LogP contribution >= 0.6 is 0 Å². The summed E-state index contributed by atoms with van der Waals surface area (Å²) in [5, 5.41) is 9.74. The maximum Gasteiger partial charge on any atom is 0.238 e. The molecule has 1 aliphatic rings. The molecular weight excluding hydrogens is 342 g/mol. The molecule has 8 nitrogen and oxygen atoms in total. The minimum absolute atomic E-state index is 0.0698. The molecule has 0 saturated heterocycles. The van der Waals surface area contributed by atoms with Gasteiger partial charge in [-0.15, -0.1) is 0 Å². The molecule has 1 aliphatic carbocycles. The summed E-state index contributed by atoms with van der Waals surface area (Å²) in [5.74, 6) is 1.81. The summed E-state index contributed by atoms with van der Waals surface area (Å²) in [6.07, 6.45) is 3.43. The second-order valence-corrected chi connectivity index (χ2v) is 7.91. The van der Waals surface area contributed by atoms with E-state index in [1.54, 1.807) is 23.9 Å². The number of methoxy groups -OCH3 is 1. The molecule has 3 rings (SSSR count). The van der Waals surface area contributed by atoms with Crippen LogP contribution in [0.1, 0.15) is 36.8 Å². The van der Waals surface area contributed by atoms with Gasteiger partial charge in [0.2, 0.25) is 10.0 Å². The van der Waals surface area contributed by atoms with Crippen LogP contribution in [0.2, 0.25) is 0 Å². The molecule has 0 amide bonds. The van der Waals surface area contributed by atoms with E-state index in [1.165, 1.54) is 12.1 Å². The number of hydrogen-bond acceptors (Lipinski definition) is 6. The number of benzene rings is 1. The van der Waals surface area contributed by atoms with Gasteiger partial charge in [-0.25, -0.2) is 23.2 Å². The summed E-state index contributed by atoms with van der Waals surface area (Å²) >= 11 is 0. The van der Waals surface area contributed by atoms with Gasteiger partial charge in [0.25, 0.3) is 0 Å². The maximum absolute atomic E-state index is 11.4. The van der Waals surface area contributed by atoms with Crippen molar-refractivity contribution < 1.29 is 13.2 Å². The highest BCUT2D eigenvalue weighted by Gasteiger charge is 2.28. The SMILES string of the molecule is COCCc1nc([C@H]2CC[C@@H](N)C2)n(-c2ccc(S(N)(=O)=O)cc2)n1. The van der Waals surface area contributed by atoms with Crippen LogP contribution in [0.4, 0.5) is 0 Å². The number of aromatic nitrogens is 3. The Morgan fingerprint density at radius 1 is 1.28 bits per heavy atom. The molecule has 25 heavy (non-hydrogen) atoms. The zero-order valence-electron chi connectivity index (χ0n) is 14.1. The van der Waals surface area contributed by atoms with Gasteiger partial charge in [-0.2, -0.15) is 5.10 Å². The smallest absolute Gasteiger partial charge is 0.238 e. The number of primary sulfonamides is 1. The van der Waals surface area contributed by atoms with Crippen molar-refractivity contribution in [2.75, 3.05) is 13.7 Å². The van der Waals surface area contributed by atoms with E-state index in [0.29, 0.717) is 18.9 Å². The first-order valence-corrected chi connectivity index (χ1v) is 9.76. The summed E-state index contributed by atoms with van der Waals surface area (Å²) in [4.78, 5) is 4.75. The third-order valence-electron chi connectivity index (χ3n) is 4.45. The van der Waals surface area contributed by atoms with Gasteiger partial charge in [0, 0.05) is 25.5 Å². The summed E-state index contributed by atoms with van der Waals surface area (Å²) < 4.78 is 29.7. The maximum atomic E-state index is 11.4. The van der Waals surface area contributed by atoms with Crippen molar-refractivity contribution in [2.24, 2.45) is 10.9 Å². The van der Waals surface area contributed by atoms with Crippen molar-refractivity contribution in [1.82, 2.24) is 14.8 Å². The molecule has 9 heteroatoms. The summed E-state index contributed by atoms with van der Waals surface area (Å²) in [5.41, 5.74) is 6.80. The molecule has 0 unspecified atom stereocenters. The molecule has 0 spiro atoms. The van der Waals surface area contributed by atoms with Gasteiger partial charge in [0.1, 0.15) is 5.82 Å². The van der Waals surface area contributed by atoms with E-state index in [-0.39, 0.29) is 16.9 Å². The fourth-order valence-corrected chi connectivity index (χ4v) is 3.67. The summed E-state index contributed by atoms with van der Waals surface area (Å²) in [6, 6.07) is 6.51. The first-order valence-electron chi connectivity index (χ1n) is 8.22. The largest absolute Gasteiger partial charge is 0.384 e. The van der Waals surface area contributed by atoms with E-state index in [9.17, 15) is 8.42 Å². The van der Waals surface area contributed by atoms with Crippen LogP contribution in [0.25, 0.3) is 5.69 Å². The second-order valence-electron chi connectivity index (χ2n) is 6.35. The Labute approximate surface area is 147 Å². The topological polar surface area (TPSA) is 126 Å². The second kappa shape index (κ2) is 7.20. The highest BCUT2D eigenvalue weighted by atomic mass is 32.2. The molecule has 2 aromatic rings. The van der Waals surface area contributed by atoms with Crippen molar-refractivity contribution in [3.63, 3.8) is 0 Å². The summed E-state index contributed by atoms with van der Waals surface area (Å²) in [7, 11) is -2.08. The Kier molecular flexibility index (Phi) is 5.19. The normalized spacial score (nSPS) is 20.9. The van der Waals surface area contributed by atoms with Crippen molar-refractivity contribution in [3.05, 3.63) is 35.9 Å². The Bertz CT molecular complexity index is 832. The lowest BCUT2D eigenvalue weighted by molar-refractivity contribution is 0.200. The van der Waals surface area contributed by atoms with E-state index in [2.05, 4.69) is 10.1 Å². The molecule has 1 heterocycles. The molecule has 1 aromatic heterocycles. The van der Waals surface area contributed by atoms with Gasteiger partial charge in [0.15, 0.2) is 5.82 Å². The van der Waals surface area contributed by atoms with Crippen LogP contribution in [0, 0.1) is 0 Å². The first-order chi connectivity index (χ1) is 11.9. The molecule has 136 valence electrons. The zero-order valence-corrected chi connectivity index (χ0v) is 14.9. The number of nitrogens with two attached hydrogens (primary N) is 2. The van der Waals surface area contributed by atoms with Crippen LogP contribution in [-0.4, -0.2) is 42.9 Å². The predicted molar refractivity (Wildman–Crippen MR) is 92.9 cm³/mol. The Morgan fingerprint density at radius 2 is 2.00 bits per heavy atom. The molecule has 0 aliphatic heterocycles. The molecule has 4 N–H and O–H groups in total. The van der Waals surface area contributed by atoms with Crippen molar-refractivity contribution >= 4 is 10.0 Å². The van der Waals surface area contributed by atoms with Crippen LogP contribution in [0.5, 0.6) is 0 Å². The standard InChI is InChI=1S/C16H23N5O3S/c1-24-9-8-15-19-16(11-2-3-12(17)10-11)21(20-15)13-4-6-14(7-5-13)25(18,22)23/h4-7,11-12H,2-3,8-10,17H2,1H3,(H2,18,22,23)/t11-,12+/m0/s1. The Morgan fingerprint density at radius 3 is 2.56 bits per heavy atom. The van der Waals surface area contributed by atoms with Crippen molar-refractivity contribution in [2.45, 2.75) is 42.5 Å². The number of sulfonamides is 1. The average molecular weight is 365 g/mol. The van der Waals surface area contributed by atoms with Gasteiger partial charge in [-0.05, 0) is 43.5 Å². The lowest BCUT2D eigenvalue weighted by atomic mass is 10.1. The number of hydrogen-bond donors (Lipinski definition) is 2. The number of nitrogens with zero attached hydrogens (tertiary/aromatic N) is 3. The van der Waals surface area contributed by atoms with Crippen molar-refractivity contribution in [3.8, 4) is 5.69 Å². The van der Waals surface area contributed by atoms with Crippen molar-refractivity contribution in [1.29, 1.82) is 0 Å². The zero-order chi connectivity index (χ0) is 18.0. The third kappa shape index (κ3) is 4.06. The predicted octanol–water partition coefficient (Wildman–Crippen LogP) is 0.698. The summed E-state index contributed by atoms with van der Waals surface area (Å²) in [6.45, 7) is 0.540. The molecule has 0 bridgehead atoms. The molecule has 0 radical (unpaired) electrons. The van der Waals surface area contributed by atoms with E-state index in [1.807, 2.05) is 0 Å². The molecule has 1 aromatic carbocycles. The van der Waals surface area contributed by atoms with E-state index in [4.69, 9.17) is 15.6 Å². The van der Waals surface area contributed by atoms with Gasteiger partial charge in [-0.1, -0.05) is 0 Å². The highest BCUT2D eigenvalue weighted by molar-refractivity contribution is 7.89. The lowest BCUT2D eigenvalue weighted by Gasteiger charge is -2.11. The van der Waals surface area contributed by atoms with E-state index in [0.717, 1.165) is 30.8 Å². The molecule has 1 fully saturated rings. The minimum Gasteiger partial charge on any atom is -0.384 e. The van der Waals surface area contributed by atoms with Crippen LogP contribution in [-0.2, 0) is 21.2 Å². The fourth-order valence-electron chi connectivity index (χ4n) is 3.15. The van der Waals surface area contributed by atoms with Gasteiger partial charge in [0.05, 0.1) is 17.2 Å². The highest BCUT2D eigenvalue weighted by Crippen LogP contribution is 2.33. The Hall–Kier alpha value is -1.81. The molecular formula is C16H23N5O3S. The average Bonchev–Trinajstić information content (AvgIpc) is 3.18. The first kappa shape index (κ1) is 18.0. The van der Waals surface area contributed by atoms with Crippen LogP contribution in [0.3, 0.4) is 0 Å². The number of ether oxygens (including phenoxy) is 1. The lowest BCUT2D eigenvalue weighted by Crippen LogP contribution is -2.15. The molecule has 2 atom stereocenters.